The van der Waals surface area contributed by atoms with Crippen molar-refractivity contribution in [2.45, 2.75) is 19.8 Å². The van der Waals surface area contributed by atoms with Gasteiger partial charge in [0.25, 0.3) is 0 Å². The largest absolute Gasteiger partial charge is 0.370 e. The Morgan fingerprint density at radius 3 is 2.71 bits per heavy atom. The third kappa shape index (κ3) is 4.89. The molecule has 3 rings (SSSR count). The predicted molar refractivity (Wildman–Crippen MR) is 111 cm³/mol. The number of nitrogens with two attached hydrogens (primary N) is 1. The summed E-state index contributed by atoms with van der Waals surface area (Å²) >= 11 is 6.02. The maximum absolute atomic E-state index is 13.1. The normalized spacial score (nSPS) is 16.6. The number of amides is 2. The fraction of sp³-hybridized carbons (Fsp3) is 0.286. The van der Waals surface area contributed by atoms with E-state index >= 15 is 0 Å². The molecule has 1 unspecified atom stereocenters. The maximum atomic E-state index is 13.1. The number of anilines is 1. The van der Waals surface area contributed by atoms with Crippen LogP contribution in [-0.4, -0.2) is 35.8 Å². The number of hydrogen-bond acceptors (Lipinski definition) is 4. The van der Waals surface area contributed by atoms with E-state index in [4.69, 9.17) is 17.3 Å². The number of halogens is 1. The number of primary amides is 1. The summed E-state index contributed by atoms with van der Waals surface area (Å²) < 4.78 is 0. The second-order valence-corrected chi connectivity index (χ2v) is 7.28. The molecule has 28 heavy (non-hydrogen) atoms. The van der Waals surface area contributed by atoms with Crippen LogP contribution in [0.5, 0.6) is 0 Å². The molecule has 6 nitrogen and oxygen atoms in total. The molecule has 1 aliphatic heterocycles. The summed E-state index contributed by atoms with van der Waals surface area (Å²) in [6, 6.07) is 15.3. The number of rotatable bonds is 6. The minimum atomic E-state index is -0.458. The van der Waals surface area contributed by atoms with Gasteiger partial charge in [-0.3, -0.25) is 19.5 Å². The Morgan fingerprint density at radius 1 is 1.29 bits per heavy atom. The molecule has 0 aliphatic carbocycles. The lowest BCUT2D eigenvalue weighted by atomic mass is 9.97. The van der Waals surface area contributed by atoms with Crippen LogP contribution in [0.2, 0.25) is 5.02 Å². The van der Waals surface area contributed by atoms with E-state index in [0.29, 0.717) is 23.9 Å². The summed E-state index contributed by atoms with van der Waals surface area (Å²) in [5.41, 5.74) is 8.12. The van der Waals surface area contributed by atoms with Crippen molar-refractivity contribution in [3.05, 3.63) is 64.7 Å². The van der Waals surface area contributed by atoms with E-state index in [1.54, 1.807) is 6.07 Å². The summed E-state index contributed by atoms with van der Waals surface area (Å²) in [5, 5.41) is 3.85. The quantitative estimate of drug-likeness (QED) is 0.784. The van der Waals surface area contributed by atoms with Gasteiger partial charge in [-0.15, -0.1) is 0 Å². The van der Waals surface area contributed by atoms with E-state index in [2.05, 4.69) is 10.3 Å². The summed E-state index contributed by atoms with van der Waals surface area (Å²) in [5.74, 6) is -0.359. The molecule has 2 aromatic rings. The van der Waals surface area contributed by atoms with Crippen LogP contribution in [0.15, 0.2) is 53.5 Å². The predicted octanol–water partition coefficient (Wildman–Crippen LogP) is 2.99. The smallest absolute Gasteiger partial charge is 0.234 e. The van der Waals surface area contributed by atoms with Gasteiger partial charge in [-0.2, -0.15) is 0 Å². The Balaban J connectivity index is 1.82. The lowest BCUT2D eigenvalue weighted by molar-refractivity contribution is -0.132. The number of aliphatic imine (C=N–C) groups is 1. The molecular weight excluding hydrogens is 376 g/mol. The fourth-order valence-electron chi connectivity index (χ4n) is 3.17. The van der Waals surface area contributed by atoms with Crippen molar-refractivity contribution in [1.29, 1.82) is 0 Å². The van der Waals surface area contributed by atoms with Crippen molar-refractivity contribution in [1.82, 2.24) is 4.90 Å². The molecule has 0 radical (unpaired) electrons. The standard InChI is InChI=1S/C21H23ClN4O2/c1-14-11-17(22)7-8-18(14)25-21-24-13-16(12-15-5-3-2-4-6-15)20(28)26(21)10-9-19(23)27/h2-8,11,16H,9-10,12-13H2,1H3,(H2,23,27)(H,24,25). The van der Waals surface area contributed by atoms with Gasteiger partial charge in [0.05, 0.1) is 12.5 Å². The van der Waals surface area contributed by atoms with Crippen molar-refractivity contribution >= 4 is 35.1 Å². The average molecular weight is 399 g/mol. The van der Waals surface area contributed by atoms with E-state index < -0.39 is 5.91 Å². The highest BCUT2D eigenvalue weighted by Crippen LogP contribution is 2.23. The van der Waals surface area contributed by atoms with Gasteiger partial charge < -0.3 is 11.1 Å². The Morgan fingerprint density at radius 2 is 2.04 bits per heavy atom. The Bertz CT molecular complexity index is 899. The first-order chi connectivity index (χ1) is 13.4. The zero-order valence-electron chi connectivity index (χ0n) is 15.7. The summed E-state index contributed by atoms with van der Waals surface area (Å²) in [6.45, 7) is 2.50. The molecule has 0 bridgehead atoms. The first kappa shape index (κ1) is 19.9. The van der Waals surface area contributed by atoms with Gasteiger partial charge in [0.1, 0.15) is 0 Å². The number of nitrogens with zero attached hydrogens (tertiary/aromatic N) is 2. The molecule has 0 spiro atoms. The molecule has 146 valence electrons. The van der Waals surface area contributed by atoms with Gasteiger partial charge in [-0.25, -0.2) is 0 Å². The summed E-state index contributed by atoms with van der Waals surface area (Å²) in [4.78, 5) is 30.5. The van der Waals surface area contributed by atoms with E-state index in [1.165, 1.54) is 4.90 Å². The molecule has 0 aromatic heterocycles. The SMILES string of the molecule is Cc1cc(Cl)ccc1NC1=NCC(Cc2ccccc2)C(=O)N1CCC(N)=O. The molecule has 7 heteroatoms. The molecule has 3 N–H and O–H groups in total. The van der Waals surface area contributed by atoms with Gasteiger partial charge in [0, 0.05) is 23.7 Å². The summed E-state index contributed by atoms with van der Waals surface area (Å²) in [7, 11) is 0. The Hall–Kier alpha value is -2.86. The minimum Gasteiger partial charge on any atom is -0.370 e. The van der Waals surface area contributed by atoms with Crippen molar-refractivity contribution in [2.24, 2.45) is 16.6 Å². The Kier molecular flexibility index (Phi) is 6.31. The number of guanidine groups is 1. The van der Waals surface area contributed by atoms with E-state index in [0.717, 1.165) is 16.8 Å². The second kappa shape index (κ2) is 8.89. The first-order valence-corrected chi connectivity index (χ1v) is 9.53. The molecule has 2 aromatic carbocycles. The average Bonchev–Trinajstić information content (AvgIpc) is 2.66. The molecule has 1 aliphatic rings. The molecule has 2 amide bonds. The monoisotopic (exact) mass is 398 g/mol. The number of aryl methyl sites for hydroxylation is 1. The van der Waals surface area contributed by atoms with Crippen LogP contribution in [0.25, 0.3) is 0 Å². The fourth-order valence-corrected chi connectivity index (χ4v) is 3.39. The van der Waals surface area contributed by atoms with E-state index in [9.17, 15) is 9.59 Å². The number of carbonyl (C=O) groups is 2. The zero-order chi connectivity index (χ0) is 20.1. The third-order valence-corrected chi connectivity index (χ3v) is 4.91. The molecule has 0 saturated carbocycles. The lowest BCUT2D eigenvalue weighted by Gasteiger charge is -2.32. The van der Waals surface area contributed by atoms with Crippen molar-refractivity contribution in [3.63, 3.8) is 0 Å². The van der Waals surface area contributed by atoms with Crippen LogP contribution >= 0.6 is 11.6 Å². The maximum Gasteiger partial charge on any atom is 0.234 e. The van der Waals surface area contributed by atoms with E-state index in [-0.39, 0.29) is 24.8 Å². The molecule has 0 saturated heterocycles. The second-order valence-electron chi connectivity index (χ2n) is 6.84. The highest BCUT2D eigenvalue weighted by Gasteiger charge is 2.32. The van der Waals surface area contributed by atoms with Gasteiger partial charge in [-0.05, 0) is 42.7 Å². The van der Waals surface area contributed by atoms with Crippen LogP contribution in [0, 0.1) is 12.8 Å². The number of hydrogen-bond donors (Lipinski definition) is 2. The highest BCUT2D eigenvalue weighted by atomic mass is 35.5. The zero-order valence-corrected chi connectivity index (χ0v) is 16.4. The number of nitrogens with one attached hydrogen (secondary N) is 1. The molecular formula is C21H23ClN4O2. The van der Waals surface area contributed by atoms with Crippen molar-refractivity contribution < 1.29 is 9.59 Å². The van der Waals surface area contributed by atoms with E-state index in [1.807, 2.05) is 49.4 Å². The third-order valence-electron chi connectivity index (χ3n) is 4.67. The highest BCUT2D eigenvalue weighted by molar-refractivity contribution is 6.30. The minimum absolute atomic E-state index is 0.0609. The van der Waals surface area contributed by atoms with Crippen molar-refractivity contribution in [2.75, 3.05) is 18.4 Å². The van der Waals surface area contributed by atoms with Gasteiger partial charge in [0.2, 0.25) is 17.8 Å². The lowest BCUT2D eigenvalue weighted by Crippen LogP contribution is -2.50. The van der Waals surface area contributed by atoms with Gasteiger partial charge in [0.15, 0.2) is 0 Å². The van der Waals surface area contributed by atoms with Crippen molar-refractivity contribution in [3.8, 4) is 0 Å². The van der Waals surface area contributed by atoms with Crippen LogP contribution in [0.3, 0.4) is 0 Å². The van der Waals surface area contributed by atoms with Crippen LogP contribution in [0.1, 0.15) is 17.5 Å². The molecule has 0 fully saturated rings. The van der Waals surface area contributed by atoms with Crippen LogP contribution in [0.4, 0.5) is 5.69 Å². The van der Waals surface area contributed by atoms with Gasteiger partial charge >= 0.3 is 0 Å². The summed E-state index contributed by atoms with van der Waals surface area (Å²) in [6.07, 6.45) is 0.674. The first-order valence-electron chi connectivity index (χ1n) is 9.15. The molecule has 1 atom stereocenters. The topological polar surface area (TPSA) is 87.8 Å². The van der Waals surface area contributed by atoms with Crippen LogP contribution < -0.4 is 11.1 Å². The number of benzene rings is 2. The van der Waals surface area contributed by atoms with Gasteiger partial charge in [-0.1, -0.05) is 41.9 Å². The van der Waals surface area contributed by atoms with Crippen LogP contribution in [-0.2, 0) is 16.0 Å². The Labute approximate surface area is 169 Å². The molecule has 1 heterocycles. The number of carbonyl (C=O) groups excluding carboxylic acids is 2.